The first-order valence-electron chi connectivity index (χ1n) is 6.17. The molecule has 86 valence electrons. The molecule has 0 fully saturated rings. The molecule has 17 heavy (non-hydrogen) atoms. The molecule has 0 aromatic heterocycles. The van der Waals surface area contributed by atoms with E-state index in [1.807, 2.05) is 6.07 Å². The third kappa shape index (κ3) is 2.25. The summed E-state index contributed by atoms with van der Waals surface area (Å²) in [6, 6.07) is 10.4. The molecule has 2 aliphatic carbocycles. The first-order valence-corrected chi connectivity index (χ1v) is 6.17. The fourth-order valence-corrected chi connectivity index (χ4v) is 2.39. The maximum Gasteiger partial charge on any atom is 0.0983 e. The first kappa shape index (κ1) is 10.5. The molecule has 1 nitrogen and oxygen atoms in total. The van der Waals surface area contributed by atoms with Gasteiger partial charge in [0.05, 0.1) is 12.7 Å². The predicted octanol–water partition coefficient (Wildman–Crippen LogP) is 3.79. The van der Waals surface area contributed by atoms with Gasteiger partial charge in [-0.2, -0.15) is 0 Å². The van der Waals surface area contributed by atoms with Crippen molar-refractivity contribution < 1.29 is 4.74 Å². The Balaban J connectivity index is 1.66. The van der Waals surface area contributed by atoms with E-state index in [9.17, 15) is 0 Å². The van der Waals surface area contributed by atoms with E-state index in [-0.39, 0.29) is 6.10 Å². The van der Waals surface area contributed by atoms with Crippen LogP contribution < -0.4 is 0 Å². The van der Waals surface area contributed by atoms with Crippen LogP contribution in [0.5, 0.6) is 0 Å². The SMILES string of the molecule is C1=CC2=C(CC1)C(OCc1ccccc1)C=C2. The van der Waals surface area contributed by atoms with Crippen LogP contribution in [0.15, 0.2) is 65.8 Å². The zero-order valence-electron chi connectivity index (χ0n) is 9.80. The van der Waals surface area contributed by atoms with Gasteiger partial charge in [-0.05, 0) is 29.6 Å². The maximum atomic E-state index is 5.98. The fourth-order valence-electron chi connectivity index (χ4n) is 2.39. The van der Waals surface area contributed by atoms with Gasteiger partial charge in [-0.3, -0.25) is 0 Å². The van der Waals surface area contributed by atoms with Gasteiger partial charge in [0.2, 0.25) is 0 Å². The van der Waals surface area contributed by atoms with Crippen molar-refractivity contribution in [1.82, 2.24) is 0 Å². The van der Waals surface area contributed by atoms with E-state index in [0.717, 1.165) is 12.8 Å². The van der Waals surface area contributed by atoms with E-state index in [1.165, 1.54) is 16.7 Å². The Morgan fingerprint density at radius 1 is 1.12 bits per heavy atom. The van der Waals surface area contributed by atoms with Gasteiger partial charge in [-0.25, -0.2) is 0 Å². The summed E-state index contributed by atoms with van der Waals surface area (Å²) in [6.07, 6.45) is 11.3. The van der Waals surface area contributed by atoms with Crippen molar-refractivity contribution >= 4 is 0 Å². The molecule has 0 heterocycles. The lowest BCUT2D eigenvalue weighted by atomic mass is 9.98. The largest absolute Gasteiger partial charge is 0.365 e. The second-order valence-electron chi connectivity index (χ2n) is 4.50. The van der Waals surface area contributed by atoms with Gasteiger partial charge in [-0.1, -0.05) is 54.6 Å². The quantitative estimate of drug-likeness (QED) is 0.759. The molecule has 2 aliphatic rings. The lowest BCUT2D eigenvalue weighted by molar-refractivity contribution is 0.0937. The van der Waals surface area contributed by atoms with E-state index >= 15 is 0 Å². The minimum atomic E-state index is 0.190. The molecule has 0 aliphatic heterocycles. The first-order chi connectivity index (χ1) is 8.43. The molecule has 3 rings (SSSR count). The highest BCUT2D eigenvalue weighted by molar-refractivity contribution is 5.47. The van der Waals surface area contributed by atoms with Crippen molar-refractivity contribution in [2.75, 3.05) is 0 Å². The Bertz CT molecular complexity index is 480. The van der Waals surface area contributed by atoms with Crippen molar-refractivity contribution in [1.29, 1.82) is 0 Å². The number of hydrogen-bond donors (Lipinski definition) is 0. The van der Waals surface area contributed by atoms with Crippen LogP contribution in [0, 0.1) is 0 Å². The van der Waals surface area contributed by atoms with Crippen molar-refractivity contribution in [3.05, 3.63) is 71.3 Å². The summed E-state index contributed by atoms with van der Waals surface area (Å²) in [5.74, 6) is 0. The Kier molecular flexibility index (Phi) is 2.93. The average molecular weight is 224 g/mol. The number of hydrogen-bond acceptors (Lipinski definition) is 1. The maximum absolute atomic E-state index is 5.98. The molecule has 1 atom stereocenters. The normalized spacial score (nSPS) is 22.0. The summed E-state index contributed by atoms with van der Waals surface area (Å²) in [5, 5.41) is 0. The lowest BCUT2D eigenvalue weighted by Gasteiger charge is -2.17. The van der Waals surface area contributed by atoms with Crippen molar-refractivity contribution in [3.8, 4) is 0 Å². The summed E-state index contributed by atoms with van der Waals surface area (Å²) < 4.78 is 5.98. The monoisotopic (exact) mass is 224 g/mol. The average Bonchev–Trinajstić information content (AvgIpc) is 2.81. The van der Waals surface area contributed by atoms with E-state index in [2.05, 4.69) is 48.6 Å². The molecule has 1 aromatic rings. The van der Waals surface area contributed by atoms with Crippen LogP contribution in [0.3, 0.4) is 0 Å². The summed E-state index contributed by atoms with van der Waals surface area (Å²) in [6.45, 7) is 0.691. The zero-order valence-corrected chi connectivity index (χ0v) is 9.80. The molecule has 0 bridgehead atoms. The number of benzene rings is 1. The van der Waals surface area contributed by atoms with Crippen LogP contribution >= 0.6 is 0 Å². The van der Waals surface area contributed by atoms with Gasteiger partial charge in [-0.15, -0.1) is 0 Å². The third-order valence-electron chi connectivity index (χ3n) is 3.31. The van der Waals surface area contributed by atoms with Gasteiger partial charge in [0.15, 0.2) is 0 Å². The van der Waals surface area contributed by atoms with Gasteiger partial charge in [0.25, 0.3) is 0 Å². The minimum Gasteiger partial charge on any atom is -0.365 e. The second kappa shape index (κ2) is 4.72. The molecular weight excluding hydrogens is 208 g/mol. The van der Waals surface area contributed by atoms with Crippen LogP contribution in [-0.4, -0.2) is 6.10 Å². The molecule has 1 heteroatoms. The molecule has 0 spiro atoms. The second-order valence-corrected chi connectivity index (χ2v) is 4.50. The molecule has 0 saturated carbocycles. The fraction of sp³-hybridized carbons (Fsp3) is 0.250. The summed E-state index contributed by atoms with van der Waals surface area (Å²) in [4.78, 5) is 0. The van der Waals surface area contributed by atoms with Crippen molar-refractivity contribution in [3.63, 3.8) is 0 Å². The smallest absolute Gasteiger partial charge is 0.0983 e. The highest BCUT2D eigenvalue weighted by atomic mass is 16.5. The van der Waals surface area contributed by atoms with E-state index in [1.54, 1.807) is 0 Å². The Morgan fingerprint density at radius 2 is 2.00 bits per heavy atom. The molecule has 0 saturated heterocycles. The highest BCUT2D eigenvalue weighted by Gasteiger charge is 2.20. The topological polar surface area (TPSA) is 9.23 Å². The van der Waals surface area contributed by atoms with Gasteiger partial charge >= 0.3 is 0 Å². The van der Waals surface area contributed by atoms with Gasteiger partial charge < -0.3 is 4.74 Å². The molecular formula is C16H16O. The Hall–Kier alpha value is -1.60. The Morgan fingerprint density at radius 3 is 2.88 bits per heavy atom. The molecule has 0 radical (unpaired) electrons. The third-order valence-corrected chi connectivity index (χ3v) is 3.31. The van der Waals surface area contributed by atoms with Crippen LogP contribution in [0.4, 0.5) is 0 Å². The van der Waals surface area contributed by atoms with Gasteiger partial charge in [0, 0.05) is 0 Å². The number of rotatable bonds is 3. The summed E-state index contributed by atoms with van der Waals surface area (Å²) >= 11 is 0. The highest BCUT2D eigenvalue weighted by Crippen LogP contribution is 2.30. The van der Waals surface area contributed by atoms with Crippen LogP contribution in [-0.2, 0) is 11.3 Å². The van der Waals surface area contributed by atoms with E-state index in [4.69, 9.17) is 4.74 Å². The number of ether oxygens (including phenoxy) is 1. The van der Waals surface area contributed by atoms with Crippen molar-refractivity contribution in [2.45, 2.75) is 25.6 Å². The van der Waals surface area contributed by atoms with E-state index < -0.39 is 0 Å². The van der Waals surface area contributed by atoms with Gasteiger partial charge in [0.1, 0.15) is 0 Å². The predicted molar refractivity (Wildman–Crippen MR) is 69.6 cm³/mol. The molecule has 0 N–H and O–H groups in total. The molecule has 1 aromatic carbocycles. The van der Waals surface area contributed by atoms with Crippen LogP contribution in [0.1, 0.15) is 18.4 Å². The zero-order chi connectivity index (χ0) is 11.5. The summed E-state index contributed by atoms with van der Waals surface area (Å²) in [7, 11) is 0. The lowest BCUT2D eigenvalue weighted by Crippen LogP contribution is -2.12. The van der Waals surface area contributed by atoms with Crippen LogP contribution in [0.25, 0.3) is 0 Å². The number of allylic oxidation sites excluding steroid dienone is 4. The molecule has 0 amide bonds. The standard InChI is InChI=1S/C16H16O/c1-2-6-13(7-3-1)12-17-16-11-10-14-8-4-5-9-15(14)16/h1-4,6-8,10-11,16H,5,9,12H2. The van der Waals surface area contributed by atoms with Crippen molar-refractivity contribution in [2.24, 2.45) is 0 Å². The minimum absolute atomic E-state index is 0.190. The van der Waals surface area contributed by atoms with Crippen LogP contribution in [0.2, 0.25) is 0 Å². The molecule has 1 unspecified atom stereocenters. The van der Waals surface area contributed by atoms with E-state index in [0.29, 0.717) is 6.61 Å². The Labute approximate surface area is 102 Å². The summed E-state index contributed by atoms with van der Waals surface area (Å²) in [5.41, 5.74) is 4.04.